The maximum Gasteiger partial charge on any atom is 0.244 e. The lowest BCUT2D eigenvalue weighted by molar-refractivity contribution is -0.121. The van der Waals surface area contributed by atoms with Crippen molar-refractivity contribution in [1.82, 2.24) is 5.32 Å². The minimum absolute atomic E-state index is 0.0669. The van der Waals surface area contributed by atoms with E-state index in [1.165, 1.54) is 0 Å². The normalized spacial score (nSPS) is 19.1. The molecule has 18 heavy (non-hydrogen) atoms. The molecular formula is C14H21N3O. The summed E-state index contributed by atoms with van der Waals surface area (Å²) in [7, 11) is 0. The number of para-hydroxylation sites is 2. The van der Waals surface area contributed by atoms with Crippen LogP contribution >= 0.6 is 0 Å². The topological polar surface area (TPSA) is 53.2 Å². The third-order valence-electron chi connectivity index (χ3n) is 3.39. The highest BCUT2D eigenvalue weighted by Gasteiger charge is 2.23. The Balaban J connectivity index is 1.90. The van der Waals surface area contributed by atoms with Crippen molar-refractivity contribution in [2.24, 2.45) is 5.92 Å². The molecule has 0 spiro atoms. The Hall–Kier alpha value is -1.71. The summed E-state index contributed by atoms with van der Waals surface area (Å²) < 4.78 is 0. The van der Waals surface area contributed by atoms with Crippen molar-refractivity contribution in [2.45, 2.75) is 26.3 Å². The summed E-state index contributed by atoms with van der Waals surface area (Å²) in [6.45, 7) is 5.65. The summed E-state index contributed by atoms with van der Waals surface area (Å²) in [6, 6.07) is 7.75. The highest BCUT2D eigenvalue weighted by molar-refractivity contribution is 5.88. The zero-order valence-corrected chi connectivity index (χ0v) is 11.0. The molecule has 0 radical (unpaired) electrons. The number of amides is 1. The van der Waals surface area contributed by atoms with Crippen LogP contribution < -0.4 is 16.0 Å². The fourth-order valence-corrected chi connectivity index (χ4v) is 1.91. The summed E-state index contributed by atoms with van der Waals surface area (Å²) in [4.78, 5) is 12.0. The summed E-state index contributed by atoms with van der Waals surface area (Å²) in [6.07, 6.45) is 1.08. The van der Waals surface area contributed by atoms with Crippen molar-refractivity contribution >= 4 is 17.3 Å². The van der Waals surface area contributed by atoms with Crippen LogP contribution in [0, 0.1) is 5.92 Å². The Morgan fingerprint density at radius 1 is 1.44 bits per heavy atom. The van der Waals surface area contributed by atoms with Gasteiger partial charge in [0.1, 0.15) is 6.04 Å². The smallest absolute Gasteiger partial charge is 0.244 e. The third-order valence-corrected chi connectivity index (χ3v) is 3.39. The number of nitrogens with one attached hydrogen (secondary N) is 3. The summed E-state index contributed by atoms with van der Waals surface area (Å²) >= 11 is 0. The molecule has 4 nitrogen and oxygen atoms in total. The van der Waals surface area contributed by atoms with E-state index in [1.54, 1.807) is 0 Å². The molecule has 1 heterocycles. The van der Waals surface area contributed by atoms with E-state index < -0.39 is 0 Å². The third kappa shape index (κ3) is 2.94. The van der Waals surface area contributed by atoms with Gasteiger partial charge >= 0.3 is 0 Å². The van der Waals surface area contributed by atoms with E-state index in [4.69, 9.17) is 0 Å². The monoisotopic (exact) mass is 247 g/mol. The lowest BCUT2D eigenvalue weighted by Gasteiger charge is -2.27. The van der Waals surface area contributed by atoms with Gasteiger partial charge in [0.15, 0.2) is 0 Å². The van der Waals surface area contributed by atoms with E-state index in [2.05, 4.69) is 29.8 Å². The average molecular weight is 247 g/mol. The minimum Gasteiger partial charge on any atom is -0.381 e. The number of carbonyl (C=O) groups is 1. The molecule has 2 rings (SSSR count). The standard InChI is InChI=1S/C14H21N3O/c1-3-10(2)8-16-14(18)13-9-15-11-6-4-5-7-12(11)17-13/h4-7,10,13,15,17H,3,8-9H2,1-2H3,(H,16,18). The van der Waals surface area contributed by atoms with E-state index in [1.807, 2.05) is 24.3 Å². The molecule has 0 bridgehead atoms. The second-order valence-electron chi connectivity index (χ2n) is 4.88. The van der Waals surface area contributed by atoms with Crippen LogP contribution in [-0.4, -0.2) is 25.0 Å². The highest BCUT2D eigenvalue weighted by atomic mass is 16.2. The maximum atomic E-state index is 12.0. The molecule has 0 saturated heterocycles. The van der Waals surface area contributed by atoms with Crippen molar-refractivity contribution in [3.8, 4) is 0 Å². The van der Waals surface area contributed by atoms with E-state index in [-0.39, 0.29) is 11.9 Å². The molecule has 0 fully saturated rings. The van der Waals surface area contributed by atoms with Crippen molar-refractivity contribution in [2.75, 3.05) is 23.7 Å². The Labute approximate surface area is 108 Å². The van der Waals surface area contributed by atoms with Gasteiger partial charge in [0.05, 0.1) is 11.4 Å². The summed E-state index contributed by atoms with van der Waals surface area (Å²) in [5.41, 5.74) is 2.05. The first kappa shape index (κ1) is 12.7. The first-order valence-corrected chi connectivity index (χ1v) is 6.58. The van der Waals surface area contributed by atoms with Crippen LogP contribution in [0.1, 0.15) is 20.3 Å². The molecule has 1 aromatic carbocycles. The molecule has 98 valence electrons. The van der Waals surface area contributed by atoms with Crippen molar-refractivity contribution in [3.63, 3.8) is 0 Å². The lowest BCUT2D eigenvalue weighted by atomic mass is 10.1. The molecule has 3 N–H and O–H groups in total. The molecule has 1 amide bonds. The van der Waals surface area contributed by atoms with Gasteiger partial charge in [0, 0.05) is 13.1 Å². The molecule has 1 aromatic rings. The van der Waals surface area contributed by atoms with Crippen molar-refractivity contribution < 1.29 is 4.79 Å². The first-order chi connectivity index (χ1) is 8.70. The van der Waals surface area contributed by atoms with Gasteiger partial charge in [0.25, 0.3) is 0 Å². The number of hydrogen-bond donors (Lipinski definition) is 3. The van der Waals surface area contributed by atoms with Crippen LogP contribution in [0.3, 0.4) is 0 Å². The van der Waals surface area contributed by atoms with Crippen LogP contribution in [0.2, 0.25) is 0 Å². The Kier molecular flexibility index (Phi) is 4.07. The van der Waals surface area contributed by atoms with Crippen LogP contribution in [0.25, 0.3) is 0 Å². The van der Waals surface area contributed by atoms with E-state index in [9.17, 15) is 4.79 Å². The Morgan fingerprint density at radius 2 is 2.17 bits per heavy atom. The van der Waals surface area contributed by atoms with Gasteiger partial charge in [-0.2, -0.15) is 0 Å². The fourth-order valence-electron chi connectivity index (χ4n) is 1.91. The largest absolute Gasteiger partial charge is 0.381 e. The number of hydrogen-bond acceptors (Lipinski definition) is 3. The summed E-state index contributed by atoms with van der Waals surface area (Å²) in [5, 5.41) is 9.53. The van der Waals surface area contributed by atoms with Gasteiger partial charge < -0.3 is 16.0 Å². The Bertz CT molecular complexity index is 419. The zero-order valence-electron chi connectivity index (χ0n) is 11.0. The van der Waals surface area contributed by atoms with E-state index in [0.717, 1.165) is 24.3 Å². The van der Waals surface area contributed by atoms with Crippen molar-refractivity contribution in [3.05, 3.63) is 24.3 Å². The highest BCUT2D eigenvalue weighted by Crippen LogP contribution is 2.25. The van der Waals surface area contributed by atoms with Crippen molar-refractivity contribution in [1.29, 1.82) is 0 Å². The lowest BCUT2D eigenvalue weighted by Crippen LogP contribution is -2.47. The van der Waals surface area contributed by atoms with Gasteiger partial charge in [-0.05, 0) is 18.1 Å². The van der Waals surface area contributed by atoms with Crippen LogP contribution in [0.15, 0.2) is 24.3 Å². The molecule has 2 unspecified atom stereocenters. The predicted molar refractivity (Wildman–Crippen MR) is 74.8 cm³/mol. The SMILES string of the molecule is CCC(C)CNC(=O)C1CNc2ccccc2N1. The van der Waals surface area contributed by atoms with Gasteiger partial charge in [-0.25, -0.2) is 0 Å². The second-order valence-corrected chi connectivity index (χ2v) is 4.88. The van der Waals surface area contributed by atoms with Gasteiger partial charge in [0.2, 0.25) is 5.91 Å². The molecule has 4 heteroatoms. The number of fused-ring (bicyclic) bond motifs is 1. The van der Waals surface area contributed by atoms with E-state index in [0.29, 0.717) is 12.5 Å². The summed E-state index contributed by atoms with van der Waals surface area (Å²) in [5.74, 6) is 0.593. The molecular weight excluding hydrogens is 226 g/mol. The quantitative estimate of drug-likeness (QED) is 0.763. The number of carbonyl (C=O) groups excluding carboxylic acids is 1. The number of anilines is 2. The minimum atomic E-state index is -0.191. The Morgan fingerprint density at radius 3 is 2.89 bits per heavy atom. The average Bonchev–Trinajstić information content (AvgIpc) is 2.43. The molecule has 1 aliphatic rings. The molecule has 0 aliphatic carbocycles. The molecule has 0 aromatic heterocycles. The van der Waals surface area contributed by atoms with Crippen LogP contribution in [-0.2, 0) is 4.79 Å². The van der Waals surface area contributed by atoms with Gasteiger partial charge in [-0.15, -0.1) is 0 Å². The maximum absolute atomic E-state index is 12.0. The van der Waals surface area contributed by atoms with Gasteiger partial charge in [-0.3, -0.25) is 4.79 Å². The van der Waals surface area contributed by atoms with Crippen LogP contribution in [0.5, 0.6) is 0 Å². The molecule has 1 aliphatic heterocycles. The van der Waals surface area contributed by atoms with E-state index >= 15 is 0 Å². The predicted octanol–water partition coefficient (Wildman–Crippen LogP) is 2.05. The second kappa shape index (κ2) is 5.76. The van der Waals surface area contributed by atoms with Crippen LogP contribution in [0.4, 0.5) is 11.4 Å². The fraction of sp³-hybridized carbons (Fsp3) is 0.500. The number of rotatable bonds is 4. The first-order valence-electron chi connectivity index (χ1n) is 6.58. The number of benzene rings is 1. The zero-order chi connectivity index (χ0) is 13.0. The molecule has 0 saturated carbocycles. The van der Waals surface area contributed by atoms with Gasteiger partial charge in [-0.1, -0.05) is 32.4 Å². The molecule has 2 atom stereocenters.